The van der Waals surface area contributed by atoms with E-state index in [1.807, 2.05) is 6.08 Å². The summed E-state index contributed by atoms with van der Waals surface area (Å²) in [6, 6.07) is 1.43. The SMILES string of the molecule is COC1=CC2C3=C(C(NC(C)=O)CCc4cc(O)c(OC)c(OC)c43)C2C1=O. The minimum atomic E-state index is -0.336. The number of methoxy groups -OCH3 is 3. The second-order valence-corrected chi connectivity index (χ2v) is 7.26. The Morgan fingerprint density at radius 3 is 2.50 bits per heavy atom. The van der Waals surface area contributed by atoms with Crippen LogP contribution in [0.3, 0.4) is 0 Å². The molecule has 0 bridgehead atoms. The molecule has 0 aromatic heterocycles. The molecular formula is C21H23NO6. The molecule has 4 rings (SSSR count). The highest BCUT2D eigenvalue weighted by atomic mass is 16.5. The van der Waals surface area contributed by atoms with Gasteiger partial charge in [-0.2, -0.15) is 0 Å². The van der Waals surface area contributed by atoms with Gasteiger partial charge in [0.2, 0.25) is 17.4 Å². The highest BCUT2D eigenvalue weighted by molar-refractivity contribution is 6.08. The number of phenolic OH excluding ortho intramolecular Hbond substituents is 1. The van der Waals surface area contributed by atoms with E-state index in [9.17, 15) is 14.7 Å². The largest absolute Gasteiger partial charge is 0.504 e. The number of carbonyl (C=O) groups is 2. The van der Waals surface area contributed by atoms with Crippen molar-refractivity contribution in [3.8, 4) is 17.2 Å². The molecule has 3 aliphatic rings. The molecule has 3 aliphatic carbocycles. The number of ketones is 1. The fourth-order valence-electron chi connectivity index (χ4n) is 4.80. The van der Waals surface area contributed by atoms with Crippen molar-refractivity contribution in [3.05, 3.63) is 34.6 Å². The number of aryl methyl sites for hydroxylation is 1. The van der Waals surface area contributed by atoms with Gasteiger partial charge in [-0.05, 0) is 41.7 Å². The minimum Gasteiger partial charge on any atom is -0.504 e. The lowest BCUT2D eigenvalue weighted by atomic mass is 9.64. The zero-order valence-corrected chi connectivity index (χ0v) is 16.3. The van der Waals surface area contributed by atoms with Gasteiger partial charge in [0.15, 0.2) is 17.3 Å². The van der Waals surface area contributed by atoms with Crippen LogP contribution in [-0.4, -0.2) is 44.2 Å². The van der Waals surface area contributed by atoms with Gasteiger partial charge in [-0.25, -0.2) is 0 Å². The first kappa shape index (κ1) is 18.4. The second-order valence-electron chi connectivity index (χ2n) is 7.26. The second kappa shape index (κ2) is 6.58. The third-order valence-electron chi connectivity index (χ3n) is 5.85. The van der Waals surface area contributed by atoms with Gasteiger partial charge in [0, 0.05) is 18.4 Å². The number of Topliss-reactive ketones (excluding diaryl/α,β-unsaturated/α-hetero) is 1. The summed E-state index contributed by atoms with van der Waals surface area (Å²) in [5.41, 5.74) is 3.59. The highest BCUT2D eigenvalue weighted by Crippen LogP contribution is 2.59. The molecular weight excluding hydrogens is 362 g/mol. The van der Waals surface area contributed by atoms with Crippen molar-refractivity contribution < 1.29 is 28.9 Å². The van der Waals surface area contributed by atoms with E-state index in [0.29, 0.717) is 24.4 Å². The van der Waals surface area contributed by atoms with Gasteiger partial charge in [-0.3, -0.25) is 9.59 Å². The molecule has 0 heterocycles. The first-order valence-corrected chi connectivity index (χ1v) is 9.21. The molecule has 148 valence electrons. The van der Waals surface area contributed by atoms with Gasteiger partial charge in [0.1, 0.15) is 0 Å². The Kier molecular flexibility index (Phi) is 4.33. The minimum absolute atomic E-state index is 0.00437. The number of ether oxygens (including phenoxy) is 3. The maximum Gasteiger partial charge on any atom is 0.217 e. The van der Waals surface area contributed by atoms with Crippen molar-refractivity contribution in [2.45, 2.75) is 25.8 Å². The number of allylic oxidation sites excluding steroid dienone is 3. The van der Waals surface area contributed by atoms with E-state index < -0.39 is 0 Å². The number of fused-ring (bicyclic) bond motifs is 5. The Morgan fingerprint density at radius 2 is 1.89 bits per heavy atom. The molecule has 3 atom stereocenters. The molecule has 3 unspecified atom stereocenters. The fraction of sp³-hybridized carbons (Fsp3) is 0.429. The first-order chi connectivity index (χ1) is 13.4. The topological polar surface area (TPSA) is 94.1 Å². The van der Waals surface area contributed by atoms with Gasteiger partial charge in [0.25, 0.3) is 0 Å². The zero-order chi connectivity index (χ0) is 20.2. The average Bonchev–Trinajstić information content (AvgIpc) is 2.84. The van der Waals surface area contributed by atoms with Crippen molar-refractivity contribution in [3.63, 3.8) is 0 Å². The van der Waals surface area contributed by atoms with Crippen LogP contribution in [-0.2, 0) is 20.7 Å². The molecule has 0 saturated carbocycles. The Morgan fingerprint density at radius 1 is 1.18 bits per heavy atom. The third-order valence-corrected chi connectivity index (χ3v) is 5.85. The summed E-state index contributed by atoms with van der Waals surface area (Å²) in [7, 11) is 4.49. The number of nitrogens with one attached hydrogen (secondary N) is 1. The standard InChI is InChI=1S/C21H23NO6/c1-9(23)22-12-6-5-10-7-13(24)20(27-3)21(28-4)15(10)16-11-8-14(26-2)19(25)17(11)18(12)16/h7-8,11-12,17,24H,5-6H2,1-4H3,(H,22,23). The summed E-state index contributed by atoms with van der Waals surface area (Å²) in [4.78, 5) is 24.6. The summed E-state index contributed by atoms with van der Waals surface area (Å²) >= 11 is 0. The number of phenols is 1. The molecule has 7 heteroatoms. The molecule has 1 amide bonds. The summed E-state index contributed by atoms with van der Waals surface area (Å²) in [6.07, 6.45) is 3.08. The molecule has 28 heavy (non-hydrogen) atoms. The smallest absolute Gasteiger partial charge is 0.217 e. The van der Waals surface area contributed by atoms with Crippen LogP contribution in [0.15, 0.2) is 23.5 Å². The van der Waals surface area contributed by atoms with Gasteiger partial charge >= 0.3 is 0 Å². The molecule has 0 radical (unpaired) electrons. The molecule has 2 N–H and O–H groups in total. The monoisotopic (exact) mass is 385 g/mol. The molecule has 0 saturated heterocycles. The van der Waals surface area contributed by atoms with E-state index in [4.69, 9.17) is 14.2 Å². The summed E-state index contributed by atoms with van der Waals surface area (Å²) in [5, 5.41) is 13.4. The number of carbonyl (C=O) groups excluding carboxylic acids is 2. The Balaban J connectivity index is 1.96. The number of hydrogen-bond donors (Lipinski definition) is 2. The lowest BCUT2D eigenvalue weighted by molar-refractivity contribution is -0.122. The van der Waals surface area contributed by atoms with Gasteiger partial charge in [-0.15, -0.1) is 0 Å². The van der Waals surface area contributed by atoms with E-state index >= 15 is 0 Å². The van der Waals surface area contributed by atoms with Crippen LogP contribution >= 0.6 is 0 Å². The first-order valence-electron chi connectivity index (χ1n) is 9.21. The van der Waals surface area contributed by atoms with Gasteiger partial charge < -0.3 is 24.6 Å². The summed E-state index contributed by atoms with van der Waals surface area (Å²) in [5.74, 6) is 0.360. The lowest BCUT2D eigenvalue weighted by Gasteiger charge is -2.40. The number of benzene rings is 1. The van der Waals surface area contributed by atoms with Crippen LogP contribution in [0.1, 0.15) is 24.5 Å². The summed E-state index contributed by atoms with van der Waals surface area (Å²) < 4.78 is 16.3. The molecule has 1 aromatic rings. The zero-order valence-electron chi connectivity index (χ0n) is 16.3. The van der Waals surface area contributed by atoms with Crippen molar-refractivity contribution in [1.82, 2.24) is 5.32 Å². The predicted molar refractivity (Wildman–Crippen MR) is 101 cm³/mol. The fourth-order valence-corrected chi connectivity index (χ4v) is 4.80. The van der Waals surface area contributed by atoms with E-state index in [0.717, 1.165) is 22.3 Å². The predicted octanol–water partition coefficient (Wildman–Crippen LogP) is 1.97. The molecule has 0 fully saturated rings. The maximum atomic E-state index is 12.8. The average molecular weight is 385 g/mol. The normalized spacial score (nSPS) is 24.9. The molecule has 1 aromatic carbocycles. The number of hydrogen-bond acceptors (Lipinski definition) is 6. The Hall–Kier alpha value is -2.96. The quantitative estimate of drug-likeness (QED) is 0.823. The maximum absolute atomic E-state index is 12.8. The van der Waals surface area contributed by atoms with Crippen molar-refractivity contribution >= 4 is 17.3 Å². The van der Waals surface area contributed by atoms with Crippen LogP contribution in [0, 0.1) is 11.8 Å². The third kappa shape index (κ3) is 2.42. The number of amides is 1. The highest BCUT2D eigenvalue weighted by Gasteiger charge is 2.54. The van der Waals surface area contributed by atoms with Crippen LogP contribution in [0.4, 0.5) is 0 Å². The number of rotatable bonds is 4. The molecule has 7 nitrogen and oxygen atoms in total. The van der Waals surface area contributed by atoms with Gasteiger partial charge in [0.05, 0.1) is 33.3 Å². The van der Waals surface area contributed by atoms with Crippen LogP contribution in [0.2, 0.25) is 0 Å². The van der Waals surface area contributed by atoms with E-state index in [2.05, 4.69) is 5.32 Å². The van der Waals surface area contributed by atoms with Crippen LogP contribution in [0.5, 0.6) is 17.2 Å². The molecule has 0 spiro atoms. The van der Waals surface area contributed by atoms with E-state index in [1.54, 1.807) is 6.07 Å². The van der Waals surface area contributed by atoms with Crippen LogP contribution < -0.4 is 14.8 Å². The van der Waals surface area contributed by atoms with Crippen molar-refractivity contribution in [2.24, 2.45) is 11.8 Å². The van der Waals surface area contributed by atoms with E-state index in [1.165, 1.54) is 28.3 Å². The van der Waals surface area contributed by atoms with Gasteiger partial charge in [-0.1, -0.05) is 0 Å². The Bertz CT molecular complexity index is 945. The summed E-state index contributed by atoms with van der Waals surface area (Å²) in [6.45, 7) is 1.47. The molecule has 0 aliphatic heterocycles. The van der Waals surface area contributed by atoms with Crippen molar-refractivity contribution in [1.29, 1.82) is 0 Å². The Labute approximate surface area is 163 Å². The van der Waals surface area contributed by atoms with Crippen molar-refractivity contribution in [2.75, 3.05) is 21.3 Å². The lowest BCUT2D eigenvalue weighted by Crippen LogP contribution is -2.44. The van der Waals surface area contributed by atoms with E-state index in [-0.39, 0.29) is 41.1 Å². The van der Waals surface area contributed by atoms with Crippen LogP contribution in [0.25, 0.3) is 5.57 Å². The number of aromatic hydroxyl groups is 1.